The Hall–Kier alpha value is -1.65. The van der Waals surface area contributed by atoms with Crippen LogP contribution in [0.15, 0.2) is 48.1 Å². The Morgan fingerprint density at radius 1 is 0.968 bits per heavy atom. The molecule has 0 saturated carbocycles. The van der Waals surface area contributed by atoms with Gasteiger partial charge in [0.05, 0.1) is 0 Å². The SMILES string of the molecule is CC1=CC(C)C2C(C=CC3C2C(=O)C(Cl)(Cl)C(=O)CC(=O)OC(C)/C=C/C=C\[C@H]3C)C1. The Bertz CT molecular complexity index is 867. The van der Waals surface area contributed by atoms with E-state index in [0.29, 0.717) is 0 Å². The second-order valence-corrected chi connectivity index (χ2v) is 10.5. The summed E-state index contributed by atoms with van der Waals surface area (Å²) in [5, 5.41) is 0. The summed E-state index contributed by atoms with van der Waals surface area (Å²) in [5.41, 5.74) is 1.29. The lowest BCUT2D eigenvalue weighted by Crippen LogP contribution is -2.50. The molecule has 3 aliphatic rings. The number of carbonyl (C=O) groups excluding carboxylic acids is 3. The summed E-state index contributed by atoms with van der Waals surface area (Å²) in [4.78, 5) is 38.8. The molecule has 0 fully saturated rings. The zero-order valence-electron chi connectivity index (χ0n) is 18.4. The van der Waals surface area contributed by atoms with Gasteiger partial charge in [-0.1, -0.05) is 79.1 Å². The van der Waals surface area contributed by atoms with Crippen molar-refractivity contribution in [1.29, 1.82) is 0 Å². The van der Waals surface area contributed by atoms with E-state index in [0.717, 1.165) is 6.42 Å². The summed E-state index contributed by atoms with van der Waals surface area (Å²) in [6.07, 6.45) is 13.7. The van der Waals surface area contributed by atoms with Crippen LogP contribution in [0.3, 0.4) is 0 Å². The van der Waals surface area contributed by atoms with E-state index >= 15 is 0 Å². The maximum Gasteiger partial charge on any atom is 0.314 e. The van der Waals surface area contributed by atoms with Crippen molar-refractivity contribution in [1.82, 2.24) is 0 Å². The Balaban J connectivity index is 2.08. The quantitative estimate of drug-likeness (QED) is 0.208. The molecule has 0 bridgehead atoms. The van der Waals surface area contributed by atoms with Gasteiger partial charge in [-0.05, 0) is 55.9 Å². The summed E-state index contributed by atoms with van der Waals surface area (Å²) in [7, 11) is 0. The molecule has 0 aromatic heterocycles. The predicted molar refractivity (Wildman–Crippen MR) is 123 cm³/mol. The Kier molecular flexibility index (Phi) is 7.32. The molecule has 0 amide bonds. The van der Waals surface area contributed by atoms with Crippen LogP contribution in [0.4, 0.5) is 0 Å². The summed E-state index contributed by atoms with van der Waals surface area (Å²) in [6, 6.07) is 0. The van der Waals surface area contributed by atoms with E-state index in [4.69, 9.17) is 27.9 Å². The molecule has 0 aromatic rings. The van der Waals surface area contributed by atoms with Gasteiger partial charge >= 0.3 is 5.97 Å². The van der Waals surface area contributed by atoms with E-state index in [9.17, 15) is 14.4 Å². The first-order valence-electron chi connectivity index (χ1n) is 10.9. The zero-order chi connectivity index (χ0) is 22.9. The van der Waals surface area contributed by atoms with Crippen LogP contribution in [-0.4, -0.2) is 28.0 Å². The molecule has 0 N–H and O–H groups in total. The monoisotopic (exact) mass is 464 g/mol. The lowest BCUT2D eigenvalue weighted by molar-refractivity contribution is -0.148. The molecule has 0 spiro atoms. The highest BCUT2D eigenvalue weighted by Gasteiger charge is 2.53. The van der Waals surface area contributed by atoms with Crippen molar-refractivity contribution in [2.45, 2.75) is 51.0 Å². The van der Waals surface area contributed by atoms with Crippen molar-refractivity contribution >= 4 is 40.7 Å². The molecule has 1 aliphatic heterocycles. The first-order valence-corrected chi connectivity index (χ1v) is 11.6. The summed E-state index contributed by atoms with van der Waals surface area (Å²) >= 11 is 12.8. The van der Waals surface area contributed by atoms with Crippen LogP contribution in [0.5, 0.6) is 0 Å². The van der Waals surface area contributed by atoms with Gasteiger partial charge in [-0.3, -0.25) is 14.4 Å². The van der Waals surface area contributed by atoms with E-state index in [1.54, 1.807) is 13.0 Å². The first-order chi connectivity index (χ1) is 14.5. The fourth-order valence-electron chi connectivity index (χ4n) is 5.28. The average Bonchev–Trinajstić information content (AvgIpc) is 2.68. The first kappa shape index (κ1) is 24.0. The van der Waals surface area contributed by atoms with Crippen molar-refractivity contribution in [3.8, 4) is 0 Å². The Morgan fingerprint density at radius 2 is 1.65 bits per heavy atom. The van der Waals surface area contributed by atoms with E-state index in [2.05, 4.69) is 39.0 Å². The molecule has 6 unspecified atom stereocenters. The minimum atomic E-state index is -2.29. The second-order valence-electron chi connectivity index (χ2n) is 9.17. The van der Waals surface area contributed by atoms with Crippen LogP contribution < -0.4 is 0 Å². The lowest BCUT2D eigenvalue weighted by Gasteiger charge is -2.46. The molecule has 31 heavy (non-hydrogen) atoms. The third-order valence-electron chi connectivity index (χ3n) is 6.72. The van der Waals surface area contributed by atoms with E-state index in [1.165, 1.54) is 5.57 Å². The minimum Gasteiger partial charge on any atom is -0.458 e. The number of allylic oxidation sites excluding steroid dienone is 7. The molecule has 7 atom stereocenters. The fraction of sp³-hybridized carbons (Fsp3) is 0.560. The number of fused-ring (bicyclic) bond motifs is 3. The molecule has 168 valence electrons. The molecule has 0 radical (unpaired) electrons. The van der Waals surface area contributed by atoms with Crippen molar-refractivity contribution in [3.63, 3.8) is 0 Å². The Labute approximate surface area is 194 Å². The van der Waals surface area contributed by atoms with E-state index < -0.39 is 40.3 Å². The van der Waals surface area contributed by atoms with Gasteiger partial charge < -0.3 is 4.74 Å². The smallest absolute Gasteiger partial charge is 0.314 e. The van der Waals surface area contributed by atoms with Gasteiger partial charge in [-0.15, -0.1) is 0 Å². The van der Waals surface area contributed by atoms with Crippen LogP contribution in [0.25, 0.3) is 0 Å². The number of ketones is 2. The highest BCUT2D eigenvalue weighted by atomic mass is 35.5. The van der Waals surface area contributed by atoms with Crippen molar-refractivity contribution in [3.05, 3.63) is 48.1 Å². The number of alkyl halides is 2. The van der Waals surface area contributed by atoms with Crippen molar-refractivity contribution in [2.24, 2.45) is 35.5 Å². The number of esters is 1. The third kappa shape index (κ3) is 5.06. The fourth-order valence-corrected chi connectivity index (χ4v) is 5.67. The second kappa shape index (κ2) is 9.46. The van der Waals surface area contributed by atoms with Crippen LogP contribution in [0.2, 0.25) is 0 Å². The van der Waals surface area contributed by atoms with Gasteiger partial charge in [-0.25, -0.2) is 0 Å². The molecule has 1 heterocycles. The largest absolute Gasteiger partial charge is 0.458 e. The van der Waals surface area contributed by atoms with Gasteiger partial charge in [0, 0.05) is 5.92 Å². The summed E-state index contributed by atoms with van der Waals surface area (Å²) < 4.78 is 2.92. The lowest BCUT2D eigenvalue weighted by atomic mass is 9.58. The normalized spacial score (nSPS) is 40.6. The van der Waals surface area contributed by atoms with E-state index in [1.807, 2.05) is 18.2 Å². The predicted octanol–water partition coefficient (Wildman–Crippen LogP) is 5.40. The Morgan fingerprint density at radius 3 is 2.35 bits per heavy atom. The third-order valence-corrected chi connectivity index (χ3v) is 7.51. The average molecular weight is 465 g/mol. The standard InChI is InChI=1S/C25H30Cl2O4/c1-14-11-16(3)22-18(12-14)9-10-19-15(2)7-5-6-8-17(4)31-21(29)13-20(28)25(26,27)24(30)23(19)22/h5-11,15-19,22-23H,12-13H2,1-4H3/b7-5-,8-6+/t15-,16?,17?,18?,19?,22?,23?/m1/s1. The molecule has 6 heteroatoms. The van der Waals surface area contributed by atoms with Crippen molar-refractivity contribution < 1.29 is 19.1 Å². The molecule has 0 aromatic carbocycles. The highest BCUT2D eigenvalue weighted by Crippen LogP contribution is 2.50. The maximum absolute atomic E-state index is 13.8. The summed E-state index contributed by atoms with van der Waals surface area (Å²) in [5.74, 6) is -2.44. The maximum atomic E-state index is 13.8. The summed E-state index contributed by atoms with van der Waals surface area (Å²) in [6.45, 7) is 7.95. The molecule has 3 rings (SSSR count). The number of carbonyl (C=O) groups is 3. The number of hydrogen-bond donors (Lipinski definition) is 0. The van der Waals surface area contributed by atoms with Crippen molar-refractivity contribution in [2.75, 3.05) is 0 Å². The zero-order valence-corrected chi connectivity index (χ0v) is 19.9. The molecule has 4 nitrogen and oxygen atoms in total. The van der Waals surface area contributed by atoms with E-state index in [-0.39, 0.29) is 29.6 Å². The minimum absolute atomic E-state index is 0.0119. The number of ether oxygens (including phenoxy) is 1. The van der Waals surface area contributed by atoms with Gasteiger partial charge in [0.1, 0.15) is 12.5 Å². The molecule has 0 saturated heterocycles. The van der Waals surface area contributed by atoms with Crippen LogP contribution >= 0.6 is 23.2 Å². The number of cyclic esters (lactones) is 1. The van der Waals surface area contributed by atoms with Crippen LogP contribution in [0, 0.1) is 35.5 Å². The van der Waals surface area contributed by atoms with Gasteiger partial charge in [-0.2, -0.15) is 0 Å². The number of halogens is 2. The van der Waals surface area contributed by atoms with Gasteiger partial charge in [0.25, 0.3) is 0 Å². The van der Waals surface area contributed by atoms with Gasteiger partial charge in [0.15, 0.2) is 11.6 Å². The van der Waals surface area contributed by atoms with Gasteiger partial charge in [0.2, 0.25) is 4.33 Å². The highest BCUT2D eigenvalue weighted by molar-refractivity contribution is 6.68. The molecular formula is C25H30Cl2O4. The van der Waals surface area contributed by atoms with Crippen LogP contribution in [0.1, 0.15) is 40.5 Å². The topological polar surface area (TPSA) is 60.4 Å². The number of hydrogen-bond acceptors (Lipinski definition) is 4. The van der Waals surface area contributed by atoms with Crippen LogP contribution in [-0.2, 0) is 19.1 Å². The molecule has 2 aliphatic carbocycles. The number of Topliss-reactive ketones (excluding diaryl/α,β-unsaturated/α-hetero) is 2. The molecular weight excluding hydrogens is 435 g/mol. The number of rotatable bonds is 0.